The summed E-state index contributed by atoms with van der Waals surface area (Å²) in [5.74, 6) is 1.51. The normalized spacial score (nSPS) is 16.3. The largest absolute Gasteiger partial charge is 0.310 e. The summed E-state index contributed by atoms with van der Waals surface area (Å²) in [4.78, 5) is 31.2. The Kier molecular flexibility index (Phi) is 4.17. The Balaban J connectivity index is 2.11. The van der Waals surface area contributed by atoms with E-state index in [1.54, 1.807) is 18.2 Å². The molecule has 2 N–H and O–H groups in total. The molecule has 2 aromatic rings. The molecule has 2 heterocycles. The van der Waals surface area contributed by atoms with Gasteiger partial charge in [0.2, 0.25) is 5.91 Å². The highest BCUT2D eigenvalue weighted by molar-refractivity contribution is 7.99. The van der Waals surface area contributed by atoms with Gasteiger partial charge in [-0.1, -0.05) is 35.9 Å². The lowest BCUT2D eigenvalue weighted by Crippen LogP contribution is -2.31. The molecule has 116 valence electrons. The quantitative estimate of drug-likeness (QED) is 0.514. The predicted octanol–water partition coefficient (Wildman–Crippen LogP) is 2.11. The number of nitrogens with one attached hydrogen (secondary N) is 2. The number of halogens is 1. The molecule has 0 aliphatic carbocycles. The van der Waals surface area contributed by atoms with Crippen molar-refractivity contribution in [3.63, 3.8) is 0 Å². The van der Waals surface area contributed by atoms with Crippen LogP contribution in [0, 0.1) is 18.2 Å². The highest BCUT2D eigenvalue weighted by Crippen LogP contribution is 2.35. The molecule has 0 radical (unpaired) electrons. The van der Waals surface area contributed by atoms with Crippen LogP contribution in [0.1, 0.15) is 23.5 Å². The average Bonchev–Trinajstić information content (AvgIpc) is 2.52. The van der Waals surface area contributed by atoms with Crippen molar-refractivity contribution in [2.24, 2.45) is 0 Å². The fourth-order valence-electron chi connectivity index (χ4n) is 2.55. The van der Waals surface area contributed by atoms with Crippen molar-refractivity contribution in [3.8, 4) is 12.3 Å². The zero-order valence-electron chi connectivity index (χ0n) is 11.9. The van der Waals surface area contributed by atoms with Crippen molar-refractivity contribution >= 4 is 23.5 Å². The van der Waals surface area contributed by atoms with E-state index in [-0.39, 0.29) is 23.7 Å². The summed E-state index contributed by atoms with van der Waals surface area (Å²) >= 11 is 1.18. The first-order valence-corrected chi connectivity index (χ1v) is 7.83. The Hall–Kier alpha value is -2.59. The van der Waals surface area contributed by atoms with Crippen molar-refractivity contribution in [1.82, 2.24) is 9.97 Å². The summed E-state index contributed by atoms with van der Waals surface area (Å²) in [5, 5.41) is 2.90. The van der Waals surface area contributed by atoms with Gasteiger partial charge in [-0.15, -0.1) is 6.42 Å². The zero-order valence-corrected chi connectivity index (χ0v) is 12.7. The Morgan fingerprint density at radius 3 is 2.91 bits per heavy atom. The molecule has 0 saturated carbocycles. The van der Waals surface area contributed by atoms with E-state index in [1.807, 2.05) is 0 Å². The fraction of sp³-hybridized carbons (Fsp3) is 0.188. The third-order valence-corrected chi connectivity index (χ3v) is 4.28. The van der Waals surface area contributed by atoms with Crippen LogP contribution in [-0.4, -0.2) is 21.6 Å². The first kappa shape index (κ1) is 15.3. The van der Waals surface area contributed by atoms with Crippen LogP contribution in [0.15, 0.2) is 34.2 Å². The van der Waals surface area contributed by atoms with Gasteiger partial charge in [-0.2, -0.15) is 0 Å². The summed E-state index contributed by atoms with van der Waals surface area (Å²) in [6, 6.07) is 6.11. The number of H-pyrrole nitrogens is 1. The maximum Gasteiger partial charge on any atom is 0.257 e. The van der Waals surface area contributed by atoms with Crippen LogP contribution < -0.4 is 10.9 Å². The highest BCUT2D eigenvalue weighted by atomic mass is 32.2. The van der Waals surface area contributed by atoms with Gasteiger partial charge < -0.3 is 10.3 Å². The van der Waals surface area contributed by atoms with E-state index in [2.05, 4.69) is 21.2 Å². The maximum absolute atomic E-state index is 14.1. The Morgan fingerprint density at radius 1 is 1.39 bits per heavy atom. The molecule has 0 bridgehead atoms. The summed E-state index contributed by atoms with van der Waals surface area (Å²) in [6.45, 7) is 0. The predicted molar refractivity (Wildman–Crippen MR) is 85.9 cm³/mol. The van der Waals surface area contributed by atoms with E-state index < -0.39 is 17.3 Å². The minimum Gasteiger partial charge on any atom is -0.310 e. The van der Waals surface area contributed by atoms with E-state index in [4.69, 9.17) is 6.42 Å². The molecule has 0 spiro atoms. The van der Waals surface area contributed by atoms with Gasteiger partial charge in [-0.25, -0.2) is 9.37 Å². The van der Waals surface area contributed by atoms with Gasteiger partial charge >= 0.3 is 0 Å². The number of nitrogens with zero attached hydrogens (tertiary/aromatic N) is 1. The topological polar surface area (TPSA) is 74.8 Å². The molecular formula is C16H12FN3O2S. The number of aromatic amines is 1. The van der Waals surface area contributed by atoms with Crippen LogP contribution in [0.3, 0.4) is 0 Å². The minimum absolute atomic E-state index is 0.00443. The van der Waals surface area contributed by atoms with Gasteiger partial charge in [0.15, 0.2) is 5.16 Å². The molecule has 1 aliphatic rings. The molecular weight excluding hydrogens is 317 g/mol. The number of benzene rings is 1. The number of carbonyl (C=O) groups excluding carboxylic acids is 1. The van der Waals surface area contributed by atoms with Crippen LogP contribution in [0.2, 0.25) is 0 Å². The van der Waals surface area contributed by atoms with Crippen molar-refractivity contribution < 1.29 is 9.18 Å². The van der Waals surface area contributed by atoms with Gasteiger partial charge in [0.25, 0.3) is 5.56 Å². The minimum atomic E-state index is -0.664. The highest BCUT2D eigenvalue weighted by Gasteiger charge is 2.32. The molecule has 5 nitrogen and oxygen atoms in total. The second-order valence-corrected chi connectivity index (χ2v) is 5.92. The number of hydrogen-bond donors (Lipinski definition) is 2. The van der Waals surface area contributed by atoms with Crippen molar-refractivity contribution in [2.45, 2.75) is 17.5 Å². The fourth-order valence-corrected chi connectivity index (χ4v) is 3.09. The van der Waals surface area contributed by atoms with E-state index in [0.717, 1.165) is 0 Å². The average molecular weight is 329 g/mol. The number of carbonyl (C=O) groups is 1. The lowest BCUT2D eigenvalue weighted by atomic mass is 9.86. The van der Waals surface area contributed by atoms with E-state index >= 15 is 0 Å². The van der Waals surface area contributed by atoms with Crippen molar-refractivity contribution in [2.75, 3.05) is 11.1 Å². The molecule has 1 aromatic carbocycles. The molecule has 1 aromatic heterocycles. The maximum atomic E-state index is 14.1. The summed E-state index contributed by atoms with van der Waals surface area (Å²) in [5.41, 5.74) is 0.169. The smallest absolute Gasteiger partial charge is 0.257 e. The molecule has 1 amide bonds. The Morgan fingerprint density at radius 2 is 2.17 bits per heavy atom. The van der Waals surface area contributed by atoms with Crippen molar-refractivity contribution in [3.05, 3.63) is 51.6 Å². The van der Waals surface area contributed by atoms with Gasteiger partial charge in [0, 0.05) is 12.3 Å². The van der Waals surface area contributed by atoms with Crippen molar-refractivity contribution in [1.29, 1.82) is 0 Å². The molecule has 1 unspecified atom stereocenters. The van der Waals surface area contributed by atoms with Crippen LogP contribution in [-0.2, 0) is 4.79 Å². The van der Waals surface area contributed by atoms with E-state index in [1.165, 1.54) is 17.8 Å². The summed E-state index contributed by atoms with van der Waals surface area (Å²) in [6.07, 6.45) is 5.18. The number of terminal acetylenes is 1. The van der Waals surface area contributed by atoms with E-state index in [9.17, 15) is 14.0 Å². The van der Waals surface area contributed by atoms with Crippen LogP contribution in [0.4, 0.5) is 10.2 Å². The number of aromatic nitrogens is 2. The third kappa shape index (κ3) is 2.98. The first-order valence-electron chi connectivity index (χ1n) is 6.85. The van der Waals surface area contributed by atoms with Crippen LogP contribution >= 0.6 is 11.8 Å². The monoisotopic (exact) mass is 329 g/mol. The summed E-state index contributed by atoms with van der Waals surface area (Å²) in [7, 11) is 0. The number of fused-ring (bicyclic) bond motifs is 1. The third-order valence-electron chi connectivity index (χ3n) is 3.50. The molecule has 7 heteroatoms. The molecule has 0 saturated heterocycles. The lowest BCUT2D eigenvalue weighted by molar-refractivity contribution is -0.116. The second-order valence-electron chi connectivity index (χ2n) is 4.95. The van der Waals surface area contributed by atoms with Crippen LogP contribution in [0.5, 0.6) is 0 Å². The van der Waals surface area contributed by atoms with E-state index in [0.29, 0.717) is 16.5 Å². The zero-order chi connectivity index (χ0) is 16.4. The number of anilines is 1. The number of hydrogen-bond acceptors (Lipinski definition) is 4. The molecule has 3 rings (SSSR count). The van der Waals surface area contributed by atoms with Gasteiger partial charge in [0.05, 0.1) is 11.3 Å². The molecule has 23 heavy (non-hydrogen) atoms. The van der Waals surface area contributed by atoms with Crippen LogP contribution in [0.25, 0.3) is 0 Å². The lowest BCUT2D eigenvalue weighted by Gasteiger charge is -2.24. The number of thioether (sulfide) groups is 1. The standard InChI is InChI=1S/C16H12FN3O2S/c1-2-7-23-16-19-14-13(15(22)20-16)10(8-12(21)18-14)9-5-3-4-6-11(9)17/h1,3-6,10H,7-8H2,(H2,18,19,20,21,22). The molecule has 1 aliphatic heterocycles. The van der Waals surface area contributed by atoms with Gasteiger partial charge in [0.1, 0.15) is 11.6 Å². The Bertz CT molecular complexity index is 872. The number of rotatable bonds is 3. The van der Waals surface area contributed by atoms with Gasteiger partial charge in [-0.3, -0.25) is 9.59 Å². The summed E-state index contributed by atoms with van der Waals surface area (Å²) < 4.78 is 14.1. The Labute approximate surface area is 135 Å². The number of amides is 1. The molecule has 0 fully saturated rings. The SMILES string of the molecule is C#CCSc1nc2c(c(=O)[nH]1)C(c1ccccc1F)CC(=O)N2. The second kappa shape index (κ2) is 6.26. The molecule has 1 atom stereocenters. The first-order chi connectivity index (χ1) is 11.1. The van der Waals surface area contributed by atoms with Gasteiger partial charge in [-0.05, 0) is 11.6 Å².